The minimum atomic E-state index is -3.50. The van der Waals surface area contributed by atoms with E-state index in [1.54, 1.807) is 16.4 Å². The van der Waals surface area contributed by atoms with Crippen molar-refractivity contribution in [3.63, 3.8) is 0 Å². The number of likely N-dealkylation sites (tertiary alicyclic amines) is 1. The van der Waals surface area contributed by atoms with Crippen LogP contribution >= 0.6 is 11.7 Å². The third kappa shape index (κ3) is 3.65. The maximum absolute atomic E-state index is 13.1. The Hall–Kier alpha value is -1.09. The molecule has 2 aliphatic heterocycles. The van der Waals surface area contributed by atoms with Crippen LogP contribution in [0.4, 0.5) is 0 Å². The van der Waals surface area contributed by atoms with Gasteiger partial charge in [0.15, 0.2) is 0 Å². The summed E-state index contributed by atoms with van der Waals surface area (Å²) >= 11 is 1.06. The minimum absolute atomic E-state index is 0.298. The largest absolute Gasteiger partial charge is 0.303 e. The molecule has 3 heterocycles. The van der Waals surface area contributed by atoms with Crippen molar-refractivity contribution >= 4 is 32.8 Å². The van der Waals surface area contributed by atoms with E-state index in [9.17, 15) is 8.42 Å². The molecule has 6 nitrogen and oxygen atoms in total. The Balaban J connectivity index is 1.42. The van der Waals surface area contributed by atoms with Crippen LogP contribution in [0.1, 0.15) is 32.6 Å². The summed E-state index contributed by atoms with van der Waals surface area (Å²) in [5.74, 6) is 1.39. The molecule has 4 rings (SSSR count). The molecule has 2 saturated heterocycles. The van der Waals surface area contributed by atoms with Gasteiger partial charge >= 0.3 is 0 Å². The topological polar surface area (TPSA) is 66.4 Å². The Morgan fingerprint density at radius 2 is 1.96 bits per heavy atom. The van der Waals surface area contributed by atoms with Crippen molar-refractivity contribution in [1.82, 2.24) is 18.0 Å². The SMILES string of the molecule is C[C@@H]1CCCN(CC2CCN(S(=O)(=O)c3cccc4nsnc34)CC2)C1. The molecular weight excluding hydrogens is 368 g/mol. The Labute approximate surface area is 159 Å². The van der Waals surface area contributed by atoms with Crippen molar-refractivity contribution in [3.05, 3.63) is 18.2 Å². The number of piperidine rings is 2. The quantitative estimate of drug-likeness (QED) is 0.798. The molecule has 1 aromatic carbocycles. The zero-order valence-corrected chi connectivity index (χ0v) is 16.8. The molecule has 26 heavy (non-hydrogen) atoms. The van der Waals surface area contributed by atoms with Crippen LogP contribution in [-0.4, -0.2) is 59.1 Å². The molecule has 1 aromatic heterocycles. The van der Waals surface area contributed by atoms with E-state index >= 15 is 0 Å². The second-order valence-electron chi connectivity index (χ2n) is 7.74. The lowest BCUT2D eigenvalue weighted by Gasteiger charge is -2.37. The monoisotopic (exact) mass is 394 g/mol. The van der Waals surface area contributed by atoms with Gasteiger partial charge in [-0.1, -0.05) is 13.0 Å². The highest BCUT2D eigenvalue weighted by atomic mass is 32.2. The minimum Gasteiger partial charge on any atom is -0.303 e. The molecule has 0 aliphatic carbocycles. The first kappa shape index (κ1) is 18.3. The predicted molar refractivity (Wildman–Crippen MR) is 104 cm³/mol. The van der Waals surface area contributed by atoms with Crippen LogP contribution in [0.2, 0.25) is 0 Å². The summed E-state index contributed by atoms with van der Waals surface area (Å²) in [5.41, 5.74) is 1.16. The number of aromatic nitrogens is 2. The fourth-order valence-corrected chi connectivity index (χ4v) is 6.50. The highest BCUT2D eigenvalue weighted by molar-refractivity contribution is 7.89. The highest BCUT2D eigenvalue weighted by Crippen LogP contribution is 2.29. The second kappa shape index (κ2) is 7.50. The fraction of sp³-hybridized carbons (Fsp3) is 0.667. The average molecular weight is 395 g/mol. The van der Waals surface area contributed by atoms with Gasteiger partial charge < -0.3 is 4.90 Å². The molecule has 0 unspecified atom stereocenters. The maximum atomic E-state index is 13.1. The van der Waals surface area contributed by atoms with E-state index in [-0.39, 0.29) is 0 Å². The van der Waals surface area contributed by atoms with Crippen LogP contribution in [0.25, 0.3) is 11.0 Å². The number of benzene rings is 1. The van der Waals surface area contributed by atoms with Crippen molar-refractivity contribution in [2.75, 3.05) is 32.7 Å². The Kier molecular flexibility index (Phi) is 5.27. The molecule has 0 radical (unpaired) electrons. The second-order valence-corrected chi connectivity index (χ2v) is 10.2. The Bertz CT molecular complexity index is 859. The smallest absolute Gasteiger partial charge is 0.245 e. The summed E-state index contributed by atoms with van der Waals surface area (Å²) in [6, 6.07) is 5.21. The van der Waals surface area contributed by atoms with Gasteiger partial charge in [-0.05, 0) is 56.2 Å². The van der Waals surface area contributed by atoms with Gasteiger partial charge in [0, 0.05) is 26.2 Å². The van der Waals surface area contributed by atoms with Crippen molar-refractivity contribution in [2.24, 2.45) is 11.8 Å². The summed E-state index contributed by atoms with van der Waals surface area (Å²) in [7, 11) is -3.50. The number of hydrogen-bond donors (Lipinski definition) is 0. The van der Waals surface area contributed by atoms with Gasteiger partial charge in [0.2, 0.25) is 10.0 Å². The van der Waals surface area contributed by atoms with Crippen molar-refractivity contribution < 1.29 is 8.42 Å². The summed E-state index contributed by atoms with van der Waals surface area (Å²) in [5, 5.41) is 0. The molecule has 8 heteroatoms. The van der Waals surface area contributed by atoms with Crippen LogP contribution in [0.5, 0.6) is 0 Å². The molecule has 0 saturated carbocycles. The average Bonchev–Trinajstić information content (AvgIpc) is 3.11. The molecule has 2 aromatic rings. The zero-order valence-electron chi connectivity index (χ0n) is 15.2. The molecule has 142 valence electrons. The molecule has 0 N–H and O–H groups in total. The van der Waals surface area contributed by atoms with Gasteiger partial charge in [-0.15, -0.1) is 0 Å². The first-order valence-corrected chi connectivity index (χ1v) is 11.6. The number of fused-ring (bicyclic) bond motifs is 1. The summed E-state index contributed by atoms with van der Waals surface area (Å²) in [6.07, 6.45) is 4.51. The standard InChI is InChI=1S/C18H26N4O2S2/c1-14-4-3-9-21(12-14)13-15-7-10-22(11-8-15)26(23,24)17-6-2-5-16-18(17)20-25-19-16/h2,5-6,14-15H,3-4,7-13H2,1H3/t14-/m1/s1. The van der Waals surface area contributed by atoms with Gasteiger partial charge in [0.05, 0.1) is 11.7 Å². The Morgan fingerprint density at radius 3 is 2.73 bits per heavy atom. The van der Waals surface area contributed by atoms with Crippen LogP contribution in [0.3, 0.4) is 0 Å². The number of nitrogens with zero attached hydrogens (tertiary/aromatic N) is 4. The first-order valence-electron chi connectivity index (χ1n) is 9.48. The van der Waals surface area contributed by atoms with Crippen LogP contribution in [-0.2, 0) is 10.0 Å². The summed E-state index contributed by atoms with van der Waals surface area (Å²) < 4.78 is 36.2. The van der Waals surface area contributed by atoms with E-state index in [0.717, 1.165) is 37.0 Å². The molecule has 2 fully saturated rings. The van der Waals surface area contributed by atoms with E-state index in [4.69, 9.17) is 0 Å². The fourth-order valence-electron chi connectivity index (χ4n) is 4.28. The van der Waals surface area contributed by atoms with Crippen molar-refractivity contribution in [3.8, 4) is 0 Å². The maximum Gasteiger partial charge on any atom is 0.245 e. The highest BCUT2D eigenvalue weighted by Gasteiger charge is 2.32. The Morgan fingerprint density at radius 1 is 1.15 bits per heavy atom. The van der Waals surface area contributed by atoms with Gasteiger partial charge in [0.1, 0.15) is 15.9 Å². The van der Waals surface area contributed by atoms with E-state index < -0.39 is 10.0 Å². The molecular formula is C18H26N4O2S2. The lowest BCUT2D eigenvalue weighted by Crippen LogP contribution is -2.43. The van der Waals surface area contributed by atoms with E-state index in [0.29, 0.717) is 34.9 Å². The summed E-state index contributed by atoms with van der Waals surface area (Å²) in [4.78, 5) is 2.87. The molecule has 2 aliphatic rings. The molecule has 1 atom stereocenters. The molecule has 0 spiro atoms. The van der Waals surface area contributed by atoms with Gasteiger partial charge in [-0.25, -0.2) is 8.42 Å². The van der Waals surface area contributed by atoms with E-state index in [1.165, 1.54) is 25.9 Å². The van der Waals surface area contributed by atoms with E-state index in [2.05, 4.69) is 20.6 Å². The molecule has 0 bridgehead atoms. The number of rotatable bonds is 4. The number of sulfonamides is 1. The van der Waals surface area contributed by atoms with E-state index in [1.807, 2.05) is 6.07 Å². The van der Waals surface area contributed by atoms with Crippen LogP contribution in [0.15, 0.2) is 23.1 Å². The zero-order chi connectivity index (χ0) is 18.1. The molecule has 0 amide bonds. The normalized spacial score (nSPS) is 24.3. The lowest BCUT2D eigenvalue weighted by molar-refractivity contribution is 0.136. The van der Waals surface area contributed by atoms with Crippen molar-refractivity contribution in [2.45, 2.75) is 37.5 Å². The predicted octanol–water partition coefficient (Wildman–Crippen LogP) is 2.82. The van der Waals surface area contributed by atoms with Gasteiger partial charge in [-0.3, -0.25) is 0 Å². The van der Waals surface area contributed by atoms with Crippen molar-refractivity contribution in [1.29, 1.82) is 0 Å². The van der Waals surface area contributed by atoms with Crippen LogP contribution in [0, 0.1) is 11.8 Å². The first-order chi connectivity index (χ1) is 12.5. The third-order valence-corrected chi connectivity index (χ3v) is 8.17. The third-order valence-electron chi connectivity index (χ3n) is 5.70. The summed E-state index contributed by atoms with van der Waals surface area (Å²) in [6.45, 7) is 7.03. The van der Waals surface area contributed by atoms with Crippen LogP contribution < -0.4 is 0 Å². The van der Waals surface area contributed by atoms with Gasteiger partial charge in [0.25, 0.3) is 0 Å². The lowest BCUT2D eigenvalue weighted by atomic mass is 9.94. The van der Waals surface area contributed by atoms with Gasteiger partial charge in [-0.2, -0.15) is 13.1 Å². The number of hydrogen-bond acceptors (Lipinski definition) is 6.